The van der Waals surface area contributed by atoms with Gasteiger partial charge in [0.1, 0.15) is 0 Å². The average Bonchev–Trinajstić information content (AvgIpc) is 2.31. The summed E-state index contributed by atoms with van der Waals surface area (Å²) in [6, 6.07) is 6.57. The SMILES string of the molecule is CS(=O)(=O)Cc1cccc(NC(=O)CC2(C(=O)O)CCC2)c1. The van der Waals surface area contributed by atoms with Crippen LogP contribution in [0.25, 0.3) is 0 Å². The Hall–Kier alpha value is -1.89. The molecular formula is C15H19NO5S. The third kappa shape index (κ3) is 4.07. The molecule has 0 atom stereocenters. The highest BCUT2D eigenvalue weighted by atomic mass is 32.2. The lowest BCUT2D eigenvalue weighted by molar-refractivity contribution is -0.157. The minimum absolute atomic E-state index is 0.0569. The first-order valence-corrected chi connectivity index (χ1v) is 9.06. The number of carboxylic acids is 1. The summed E-state index contributed by atoms with van der Waals surface area (Å²) >= 11 is 0. The Morgan fingerprint density at radius 2 is 2.00 bits per heavy atom. The number of benzene rings is 1. The minimum Gasteiger partial charge on any atom is -0.481 e. The molecule has 0 aliphatic heterocycles. The molecule has 0 bridgehead atoms. The first-order chi connectivity index (χ1) is 10.2. The third-order valence-electron chi connectivity index (χ3n) is 3.90. The maximum Gasteiger partial charge on any atom is 0.310 e. The number of hydrogen-bond acceptors (Lipinski definition) is 4. The van der Waals surface area contributed by atoms with Crippen LogP contribution in [0.3, 0.4) is 0 Å². The van der Waals surface area contributed by atoms with Crippen molar-refractivity contribution in [2.45, 2.75) is 31.4 Å². The summed E-state index contributed by atoms with van der Waals surface area (Å²) in [7, 11) is -3.15. The fraction of sp³-hybridized carbons (Fsp3) is 0.467. The summed E-state index contributed by atoms with van der Waals surface area (Å²) in [4.78, 5) is 23.3. The van der Waals surface area contributed by atoms with E-state index in [-0.39, 0.29) is 18.1 Å². The molecule has 0 unspecified atom stereocenters. The maximum absolute atomic E-state index is 12.0. The van der Waals surface area contributed by atoms with Crippen molar-refractivity contribution in [3.63, 3.8) is 0 Å². The van der Waals surface area contributed by atoms with E-state index in [9.17, 15) is 23.1 Å². The maximum atomic E-state index is 12.0. The minimum atomic E-state index is -3.15. The van der Waals surface area contributed by atoms with Gasteiger partial charge in [0.25, 0.3) is 0 Å². The zero-order valence-corrected chi connectivity index (χ0v) is 13.1. The number of nitrogens with one attached hydrogen (secondary N) is 1. The van der Waals surface area contributed by atoms with Crippen molar-refractivity contribution in [2.75, 3.05) is 11.6 Å². The number of carbonyl (C=O) groups excluding carboxylic acids is 1. The predicted molar refractivity (Wildman–Crippen MR) is 82.2 cm³/mol. The van der Waals surface area contributed by atoms with Crippen molar-refractivity contribution in [3.8, 4) is 0 Å². The molecule has 0 spiro atoms. The molecule has 1 fully saturated rings. The Morgan fingerprint density at radius 3 is 2.50 bits per heavy atom. The van der Waals surface area contributed by atoms with Crippen LogP contribution in [0.5, 0.6) is 0 Å². The molecule has 120 valence electrons. The molecule has 1 saturated carbocycles. The van der Waals surface area contributed by atoms with Crippen LogP contribution < -0.4 is 5.32 Å². The normalized spacial score (nSPS) is 16.6. The number of hydrogen-bond donors (Lipinski definition) is 2. The fourth-order valence-corrected chi connectivity index (χ4v) is 3.41. The Balaban J connectivity index is 2.03. The van der Waals surface area contributed by atoms with E-state index in [1.54, 1.807) is 24.3 Å². The van der Waals surface area contributed by atoms with Gasteiger partial charge in [0, 0.05) is 18.4 Å². The molecule has 0 saturated heterocycles. The monoisotopic (exact) mass is 325 g/mol. The fourth-order valence-electron chi connectivity index (χ4n) is 2.62. The molecule has 0 heterocycles. The first kappa shape index (κ1) is 16.5. The molecule has 1 amide bonds. The molecule has 6 nitrogen and oxygen atoms in total. The van der Waals surface area contributed by atoms with E-state index in [0.717, 1.165) is 12.7 Å². The van der Waals surface area contributed by atoms with E-state index in [4.69, 9.17) is 0 Å². The lowest BCUT2D eigenvalue weighted by atomic mass is 9.66. The molecular weight excluding hydrogens is 306 g/mol. The van der Waals surface area contributed by atoms with Gasteiger partial charge in [-0.1, -0.05) is 18.6 Å². The van der Waals surface area contributed by atoms with Crippen molar-refractivity contribution >= 4 is 27.4 Å². The molecule has 1 aromatic rings. The number of anilines is 1. The van der Waals surface area contributed by atoms with Gasteiger partial charge in [0.05, 0.1) is 11.2 Å². The van der Waals surface area contributed by atoms with Crippen LogP contribution in [0.4, 0.5) is 5.69 Å². The number of aliphatic carboxylic acids is 1. The highest BCUT2D eigenvalue weighted by Crippen LogP contribution is 2.44. The van der Waals surface area contributed by atoms with Gasteiger partial charge in [-0.3, -0.25) is 9.59 Å². The molecule has 22 heavy (non-hydrogen) atoms. The van der Waals surface area contributed by atoms with E-state index in [2.05, 4.69) is 5.32 Å². The molecule has 7 heteroatoms. The Bertz CT molecular complexity index is 692. The largest absolute Gasteiger partial charge is 0.481 e. The van der Waals surface area contributed by atoms with Crippen LogP contribution >= 0.6 is 0 Å². The highest BCUT2D eigenvalue weighted by Gasteiger charge is 2.45. The standard InChI is InChI=1S/C15H19NO5S/c1-22(20,21)10-11-4-2-5-12(8-11)16-13(17)9-15(14(18)19)6-3-7-15/h2,4-5,8H,3,6-7,9-10H2,1H3,(H,16,17)(H,18,19). The summed E-state index contributed by atoms with van der Waals surface area (Å²) in [5.41, 5.74) is 0.122. The molecule has 0 radical (unpaired) electrons. The van der Waals surface area contributed by atoms with E-state index < -0.39 is 21.2 Å². The lowest BCUT2D eigenvalue weighted by Crippen LogP contribution is -2.41. The predicted octanol–water partition coefficient (Wildman–Crippen LogP) is 1.81. The topological polar surface area (TPSA) is 101 Å². The van der Waals surface area contributed by atoms with Gasteiger partial charge < -0.3 is 10.4 Å². The van der Waals surface area contributed by atoms with Crippen molar-refractivity contribution in [1.82, 2.24) is 0 Å². The van der Waals surface area contributed by atoms with Crippen molar-refractivity contribution in [2.24, 2.45) is 5.41 Å². The van der Waals surface area contributed by atoms with E-state index in [1.807, 2.05) is 0 Å². The van der Waals surface area contributed by atoms with Crippen molar-refractivity contribution in [1.29, 1.82) is 0 Å². The van der Waals surface area contributed by atoms with Gasteiger partial charge in [0.15, 0.2) is 9.84 Å². The summed E-state index contributed by atoms with van der Waals surface area (Å²) in [5.74, 6) is -1.39. The zero-order valence-electron chi connectivity index (χ0n) is 12.3. The second-order valence-electron chi connectivity index (χ2n) is 5.93. The average molecular weight is 325 g/mol. The summed E-state index contributed by atoms with van der Waals surface area (Å²) in [6.07, 6.45) is 2.95. The molecule has 2 N–H and O–H groups in total. The number of carboxylic acid groups (broad SMARTS) is 1. The summed E-state index contributed by atoms with van der Waals surface area (Å²) in [6.45, 7) is 0. The van der Waals surface area contributed by atoms with Gasteiger partial charge >= 0.3 is 5.97 Å². The van der Waals surface area contributed by atoms with Crippen LogP contribution in [0.2, 0.25) is 0 Å². The quantitative estimate of drug-likeness (QED) is 0.831. The number of sulfone groups is 1. The van der Waals surface area contributed by atoms with Crippen LogP contribution in [-0.4, -0.2) is 31.7 Å². The second kappa shape index (κ2) is 6.08. The van der Waals surface area contributed by atoms with E-state index in [0.29, 0.717) is 24.1 Å². The number of carbonyl (C=O) groups is 2. The molecule has 1 aliphatic rings. The summed E-state index contributed by atoms with van der Waals surface area (Å²) in [5, 5.41) is 11.9. The summed E-state index contributed by atoms with van der Waals surface area (Å²) < 4.78 is 22.6. The van der Waals surface area contributed by atoms with Crippen LogP contribution in [0.15, 0.2) is 24.3 Å². The first-order valence-electron chi connectivity index (χ1n) is 7.00. The highest BCUT2D eigenvalue weighted by molar-refractivity contribution is 7.89. The molecule has 1 aliphatic carbocycles. The van der Waals surface area contributed by atoms with Gasteiger partial charge in [-0.05, 0) is 30.5 Å². The second-order valence-corrected chi connectivity index (χ2v) is 8.07. The molecule has 2 rings (SSSR count). The molecule has 1 aromatic carbocycles. The Kier molecular flexibility index (Phi) is 4.55. The smallest absolute Gasteiger partial charge is 0.310 e. The van der Waals surface area contributed by atoms with Crippen molar-refractivity contribution in [3.05, 3.63) is 29.8 Å². The van der Waals surface area contributed by atoms with E-state index in [1.165, 1.54) is 0 Å². The van der Waals surface area contributed by atoms with Crippen molar-refractivity contribution < 1.29 is 23.1 Å². The van der Waals surface area contributed by atoms with E-state index >= 15 is 0 Å². The number of amides is 1. The van der Waals surface area contributed by atoms with Gasteiger partial charge in [-0.15, -0.1) is 0 Å². The van der Waals surface area contributed by atoms with Crippen LogP contribution in [0, 0.1) is 5.41 Å². The Labute approximate surface area is 129 Å². The van der Waals surface area contributed by atoms with Gasteiger partial charge in [0.2, 0.25) is 5.91 Å². The van der Waals surface area contributed by atoms with Gasteiger partial charge in [-0.25, -0.2) is 8.42 Å². The van der Waals surface area contributed by atoms with Crippen LogP contribution in [-0.2, 0) is 25.2 Å². The van der Waals surface area contributed by atoms with Crippen LogP contribution in [0.1, 0.15) is 31.2 Å². The lowest BCUT2D eigenvalue weighted by Gasteiger charge is -2.36. The zero-order chi connectivity index (χ0) is 16.4. The van der Waals surface area contributed by atoms with Gasteiger partial charge in [-0.2, -0.15) is 0 Å². The third-order valence-corrected chi connectivity index (χ3v) is 4.76. The Morgan fingerprint density at radius 1 is 1.32 bits per heavy atom. The molecule has 0 aromatic heterocycles. The number of rotatable bonds is 6.